The summed E-state index contributed by atoms with van der Waals surface area (Å²) in [5.41, 5.74) is 1.45. The molecule has 0 amide bonds. The lowest BCUT2D eigenvalue weighted by molar-refractivity contribution is -0.255. The Morgan fingerprint density at radius 3 is 2.38 bits per heavy atom. The molecule has 3 heteroatoms. The second-order valence-corrected chi connectivity index (χ2v) is 4.28. The third-order valence-corrected chi connectivity index (χ3v) is 3.11. The zero-order valence-corrected chi connectivity index (χ0v) is 9.32. The van der Waals surface area contributed by atoms with Gasteiger partial charge in [0.1, 0.15) is 0 Å². The first-order valence-corrected chi connectivity index (χ1v) is 5.78. The second-order valence-electron chi connectivity index (χ2n) is 4.28. The van der Waals surface area contributed by atoms with Crippen molar-refractivity contribution in [3.8, 4) is 0 Å². The highest BCUT2D eigenvalue weighted by molar-refractivity contribution is 5.85. The topological polar surface area (TPSA) is 43.4 Å². The second kappa shape index (κ2) is 5.12. The van der Waals surface area contributed by atoms with Crippen LogP contribution in [0.3, 0.4) is 0 Å². The van der Waals surface area contributed by atoms with Crippen LogP contribution >= 0.6 is 0 Å². The van der Waals surface area contributed by atoms with Gasteiger partial charge in [-0.05, 0) is 43.5 Å². The molecule has 1 fully saturated rings. The van der Waals surface area contributed by atoms with Gasteiger partial charge < -0.3 is 14.8 Å². The lowest BCUT2D eigenvalue weighted by atomic mass is 10.1. The van der Waals surface area contributed by atoms with Gasteiger partial charge in [0, 0.05) is 6.54 Å². The number of carbonyl (C=O) groups excluding carboxylic acids is 1. The molecule has 16 heavy (non-hydrogen) atoms. The van der Waals surface area contributed by atoms with E-state index in [1.807, 2.05) is 12.1 Å². The van der Waals surface area contributed by atoms with Crippen molar-refractivity contribution in [3.63, 3.8) is 0 Å². The predicted octanol–water partition coefficient (Wildman–Crippen LogP) is 0.688. The van der Waals surface area contributed by atoms with Crippen molar-refractivity contribution < 1.29 is 9.90 Å². The van der Waals surface area contributed by atoms with Crippen LogP contribution < -0.4 is 5.11 Å². The van der Waals surface area contributed by atoms with Crippen molar-refractivity contribution >= 4 is 5.97 Å². The Morgan fingerprint density at radius 1 is 1.19 bits per heavy atom. The van der Waals surface area contributed by atoms with Gasteiger partial charge in [0.05, 0.1) is 5.97 Å². The fourth-order valence-corrected chi connectivity index (χ4v) is 2.10. The summed E-state index contributed by atoms with van der Waals surface area (Å²) in [7, 11) is 0. The summed E-state index contributed by atoms with van der Waals surface area (Å²) < 4.78 is 0. The Hall–Kier alpha value is -1.35. The Labute approximate surface area is 95.7 Å². The van der Waals surface area contributed by atoms with Gasteiger partial charge in [-0.3, -0.25) is 0 Å². The Balaban J connectivity index is 1.87. The summed E-state index contributed by atoms with van der Waals surface area (Å²) in [6.07, 6.45) is 3.61. The van der Waals surface area contributed by atoms with Crippen LogP contribution in [-0.2, 0) is 6.42 Å². The maximum atomic E-state index is 10.6. The number of rotatable bonds is 4. The van der Waals surface area contributed by atoms with E-state index in [9.17, 15) is 9.90 Å². The minimum absolute atomic E-state index is 0.255. The monoisotopic (exact) mass is 218 g/mol. The van der Waals surface area contributed by atoms with Crippen LogP contribution in [-0.4, -0.2) is 30.5 Å². The van der Waals surface area contributed by atoms with Gasteiger partial charge in [0.25, 0.3) is 0 Å². The number of carboxylic acids is 1. The van der Waals surface area contributed by atoms with E-state index in [-0.39, 0.29) is 5.56 Å². The molecule has 2 rings (SSSR count). The molecule has 86 valence electrons. The summed E-state index contributed by atoms with van der Waals surface area (Å²) in [4.78, 5) is 13.0. The van der Waals surface area contributed by atoms with E-state index in [4.69, 9.17) is 0 Å². The van der Waals surface area contributed by atoms with Crippen LogP contribution in [0.15, 0.2) is 24.3 Å². The average molecular weight is 218 g/mol. The van der Waals surface area contributed by atoms with E-state index in [1.165, 1.54) is 31.5 Å². The summed E-state index contributed by atoms with van der Waals surface area (Å²) in [5.74, 6) is -1.11. The first-order chi connectivity index (χ1) is 7.75. The first-order valence-electron chi connectivity index (χ1n) is 5.78. The van der Waals surface area contributed by atoms with E-state index < -0.39 is 5.97 Å². The van der Waals surface area contributed by atoms with Crippen LogP contribution in [0.1, 0.15) is 28.8 Å². The van der Waals surface area contributed by atoms with Gasteiger partial charge in [-0.15, -0.1) is 0 Å². The SMILES string of the molecule is O=C([O-])c1ccc(CCN2CCCC2)cc1. The number of benzene rings is 1. The molecule has 1 heterocycles. The Kier molecular flexibility index (Phi) is 3.57. The van der Waals surface area contributed by atoms with Gasteiger partial charge >= 0.3 is 0 Å². The number of carboxylic acid groups (broad SMARTS) is 1. The summed E-state index contributed by atoms with van der Waals surface area (Å²) in [5, 5.41) is 10.6. The minimum Gasteiger partial charge on any atom is -0.545 e. The highest BCUT2D eigenvalue weighted by atomic mass is 16.4. The molecular weight excluding hydrogens is 202 g/mol. The lowest BCUT2D eigenvalue weighted by Crippen LogP contribution is -2.23. The van der Waals surface area contributed by atoms with E-state index in [2.05, 4.69) is 4.90 Å². The summed E-state index contributed by atoms with van der Waals surface area (Å²) in [6.45, 7) is 3.49. The normalized spacial score (nSPS) is 16.5. The number of carbonyl (C=O) groups is 1. The molecule has 0 saturated carbocycles. The molecule has 0 unspecified atom stereocenters. The molecule has 3 nitrogen and oxygen atoms in total. The van der Waals surface area contributed by atoms with Gasteiger partial charge in [-0.1, -0.05) is 24.3 Å². The Bertz CT molecular complexity index is 353. The van der Waals surface area contributed by atoms with Crippen molar-refractivity contribution in [1.82, 2.24) is 4.90 Å². The van der Waals surface area contributed by atoms with Gasteiger partial charge in [-0.2, -0.15) is 0 Å². The molecule has 0 aromatic heterocycles. The van der Waals surface area contributed by atoms with Crippen LogP contribution in [0.25, 0.3) is 0 Å². The van der Waals surface area contributed by atoms with Crippen molar-refractivity contribution in [2.24, 2.45) is 0 Å². The van der Waals surface area contributed by atoms with Gasteiger partial charge in [0.15, 0.2) is 0 Å². The van der Waals surface area contributed by atoms with Crippen molar-refractivity contribution in [2.45, 2.75) is 19.3 Å². The van der Waals surface area contributed by atoms with Gasteiger partial charge in [0.2, 0.25) is 0 Å². The number of hydrogen-bond donors (Lipinski definition) is 0. The Morgan fingerprint density at radius 2 is 1.81 bits per heavy atom. The van der Waals surface area contributed by atoms with E-state index in [1.54, 1.807) is 12.1 Å². The third-order valence-electron chi connectivity index (χ3n) is 3.11. The smallest absolute Gasteiger partial charge is 0.0715 e. The zero-order chi connectivity index (χ0) is 11.4. The summed E-state index contributed by atoms with van der Waals surface area (Å²) >= 11 is 0. The lowest BCUT2D eigenvalue weighted by Gasteiger charge is -2.14. The molecule has 1 saturated heterocycles. The number of aromatic carboxylic acids is 1. The number of nitrogens with zero attached hydrogens (tertiary/aromatic N) is 1. The van der Waals surface area contributed by atoms with Crippen LogP contribution in [0.4, 0.5) is 0 Å². The average Bonchev–Trinajstić information content (AvgIpc) is 2.80. The highest BCUT2D eigenvalue weighted by Gasteiger charge is 2.10. The third kappa shape index (κ3) is 2.83. The molecule has 1 aliphatic heterocycles. The molecule has 0 bridgehead atoms. The molecule has 1 aliphatic rings. The molecular formula is C13H16NO2-. The summed E-state index contributed by atoms with van der Waals surface area (Å²) in [6, 6.07) is 6.99. The minimum atomic E-state index is -1.11. The molecule has 1 aromatic rings. The largest absolute Gasteiger partial charge is 0.545 e. The molecule has 0 aliphatic carbocycles. The van der Waals surface area contributed by atoms with Crippen LogP contribution in [0, 0.1) is 0 Å². The zero-order valence-electron chi connectivity index (χ0n) is 9.32. The van der Waals surface area contributed by atoms with E-state index >= 15 is 0 Å². The highest BCUT2D eigenvalue weighted by Crippen LogP contribution is 2.10. The first kappa shape index (κ1) is 11.1. The van der Waals surface area contributed by atoms with E-state index in [0.717, 1.165) is 13.0 Å². The maximum absolute atomic E-state index is 10.6. The molecule has 1 aromatic carbocycles. The molecule has 0 radical (unpaired) electrons. The molecule has 0 atom stereocenters. The maximum Gasteiger partial charge on any atom is 0.0715 e. The quantitative estimate of drug-likeness (QED) is 0.746. The molecule has 0 N–H and O–H groups in total. The van der Waals surface area contributed by atoms with Crippen molar-refractivity contribution in [1.29, 1.82) is 0 Å². The van der Waals surface area contributed by atoms with Crippen molar-refractivity contribution in [2.75, 3.05) is 19.6 Å². The van der Waals surface area contributed by atoms with Gasteiger partial charge in [-0.25, -0.2) is 0 Å². The fourth-order valence-electron chi connectivity index (χ4n) is 2.10. The van der Waals surface area contributed by atoms with Crippen LogP contribution in [0.5, 0.6) is 0 Å². The predicted molar refractivity (Wildman–Crippen MR) is 60.2 cm³/mol. The standard InChI is InChI=1S/C13H17NO2/c15-13(16)12-5-3-11(4-6-12)7-10-14-8-1-2-9-14/h3-6H,1-2,7-10H2,(H,15,16)/p-1. The van der Waals surface area contributed by atoms with Crippen LogP contribution in [0.2, 0.25) is 0 Å². The molecule has 0 spiro atoms. The van der Waals surface area contributed by atoms with Crippen molar-refractivity contribution in [3.05, 3.63) is 35.4 Å². The fraction of sp³-hybridized carbons (Fsp3) is 0.462. The number of likely N-dealkylation sites (tertiary alicyclic amines) is 1. The van der Waals surface area contributed by atoms with E-state index in [0.29, 0.717) is 0 Å². The number of hydrogen-bond acceptors (Lipinski definition) is 3.